The SMILES string of the molecule is Cc1c(CNCc2ccccc2C(F)(F)F)c2ccccc2n1CC(N)=O. The summed E-state index contributed by atoms with van der Waals surface area (Å²) in [6.07, 6.45) is -4.38. The smallest absolute Gasteiger partial charge is 0.368 e. The van der Waals surface area contributed by atoms with Crippen molar-refractivity contribution >= 4 is 16.8 Å². The summed E-state index contributed by atoms with van der Waals surface area (Å²) in [4.78, 5) is 11.4. The first-order valence-electron chi connectivity index (χ1n) is 8.50. The number of nitrogens with two attached hydrogens (primary N) is 1. The van der Waals surface area contributed by atoms with Crippen molar-refractivity contribution < 1.29 is 18.0 Å². The van der Waals surface area contributed by atoms with Gasteiger partial charge in [0.15, 0.2) is 0 Å². The summed E-state index contributed by atoms with van der Waals surface area (Å²) in [6.45, 7) is 2.40. The van der Waals surface area contributed by atoms with Gasteiger partial charge in [-0.05, 0) is 30.2 Å². The second-order valence-corrected chi connectivity index (χ2v) is 6.39. The van der Waals surface area contributed by atoms with E-state index in [1.807, 2.05) is 35.8 Å². The Hall–Kier alpha value is -2.80. The maximum Gasteiger partial charge on any atom is 0.416 e. The van der Waals surface area contributed by atoms with Gasteiger partial charge in [-0.2, -0.15) is 13.2 Å². The molecule has 0 saturated carbocycles. The standard InChI is InChI=1S/C20H20F3N3O/c1-13-16(15-7-3-5-9-18(15)26(13)12-19(24)27)11-25-10-14-6-2-4-8-17(14)20(21,22)23/h2-9,25H,10-12H2,1H3,(H2,24,27). The van der Waals surface area contributed by atoms with E-state index in [2.05, 4.69) is 5.32 Å². The molecule has 142 valence electrons. The molecule has 3 rings (SSSR count). The first-order valence-corrected chi connectivity index (χ1v) is 8.50. The predicted molar refractivity (Wildman–Crippen MR) is 97.9 cm³/mol. The van der Waals surface area contributed by atoms with E-state index in [9.17, 15) is 18.0 Å². The number of halogens is 3. The van der Waals surface area contributed by atoms with Gasteiger partial charge in [0.1, 0.15) is 6.54 Å². The van der Waals surface area contributed by atoms with Crippen molar-refractivity contribution in [2.75, 3.05) is 0 Å². The molecule has 1 amide bonds. The predicted octanol–water partition coefficient (Wildman–Crippen LogP) is 3.74. The maximum absolute atomic E-state index is 13.1. The quantitative estimate of drug-likeness (QED) is 0.689. The number of amides is 1. The number of rotatable bonds is 6. The molecular formula is C20H20F3N3O. The lowest BCUT2D eigenvalue weighted by atomic mass is 10.1. The summed E-state index contributed by atoms with van der Waals surface area (Å²) in [7, 11) is 0. The number of carbonyl (C=O) groups is 1. The third kappa shape index (κ3) is 3.98. The summed E-state index contributed by atoms with van der Waals surface area (Å²) in [5.41, 5.74) is 7.59. The normalized spacial score (nSPS) is 11.9. The number of nitrogens with zero attached hydrogens (tertiary/aromatic N) is 1. The second-order valence-electron chi connectivity index (χ2n) is 6.39. The van der Waals surface area contributed by atoms with Gasteiger partial charge in [0.25, 0.3) is 0 Å². The van der Waals surface area contributed by atoms with Crippen molar-refractivity contribution in [2.24, 2.45) is 5.73 Å². The van der Waals surface area contributed by atoms with Gasteiger partial charge in [0.2, 0.25) is 5.91 Å². The third-order valence-corrected chi connectivity index (χ3v) is 4.62. The Kier molecular flexibility index (Phi) is 5.23. The zero-order chi connectivity index (χ0) is 19.6. The van der Waals surface area contributed by atoms with Crippen LogP contribution in [0.15, 0.2) is 48.5 Å². The molecule has 3 N–H and O–H groups in total. The third-order valence-electron chi connectivity index (χ3n) is 4.62. The zero-order valence-corrected chi connectivity index (χ0v) is 14.8. The van der Waals surface area contributed by atoms with Crippen molar-refractivity contribution in [1.29, 1.82) is 0 Å². The number of alkyl halides is 3. The van der Waals surface area contributed by atoms with E-state index in [1.165, 1.54) is 12.1 Å². The summed E-state index contributed by atoms with van der Waals surface area (Å²) in [5, 5.41) is 4.05. The number of primary amides is 1. The molecule has 0 radical (unpaired) electrons. The molecule has 0 aliphatic heterocycles. The molecule has 0 fully saturated rings. The van der Waals surface area contributed by atoms with Crippen LogP contribution in [0.5, 0.6) is 0 Å². The minimum atomic E-state index is -4.38. The minimum Gasteiger partial charge on any atom is -0.368 e. The van der Waals surface area contributed by atoms with Gasteiger partial charge in [-0.15, -0.1) is 0 Å². The van der Waals surface area contributed by atoms with Gasteiger partial charge in [-0.3, -0.25) is 4.79 Å². The Morgan fingerprint density at radius 2 is 1.74 bits per heavy atom. The molecule has 7 heteroatoms. The number of fused-ring (bicyclic) bond motifs is 1. The Morgan fingerprint density at radius 3 is 2.44 bits per heavy atom. The van der Waals surface area contributed by atoms with Crippen LogP contribution < -0.4 is 11.1 Å². The average Bonchev–Trinajstić information content (AvgIpc) is 2.87. The van der Waals surface area contributed by atoms with Gasteiger partial charge in [-0.25, -0.2) is 0 Å². The van der Waals surface area contributed by atoms with Crippen LogP contribution in [0.3, 0.4) is 0 Å². The van der Waals surface area contributed by atoms with Crippen LogP contribution in [0.4, 0.5) is 13.2 Å². The van der Waals surface area contributed by atoms with Crippen molar-refractivity contribution in [2.45, 2.75) is 32.7 Å². The highest BCUT2D eigenvalue weighted by Crippen LogP contribution is 2.32. The average molecular weight is 375 g/mol. The number of hydrogen-bond acceptors (Lipinski definition) is 2. The number of benzene rings is 2. The van der Waals surface area contributed by atoms with Crippen LogP contribution in [-0.4, -0.2) is 10.5 Å². The molecule has 2 aromatic carbocycles. The van der Waals surface area contributed by atoms with E-state index in [0.717, 1.165) is 28.2 Å². The molecular weight excluding hydrogens is 355 g/mol. The summed E-state index contributed by atoms with van der Waals surface area (Å²) in [6, 6.07) is 13.1. The Bertz CT molecular complexity index is 976. The molecule has 4 nitrogen and oxygen atoms in total. The first kappa shape index (κ1) is 19.0. The van der Waals surface area contributed by atoms with Crippen LogP contribution in [0.25, 0.3) is 10.9 Å². The van der Waals surface area contributed by atoms with Crippen molar-refractivity contribution in [3.63, 3.8) is 0 Å². The van der Waals surface area contributed by atoms with E-state index >= 15 is 0 Å². The van der Waals surface area contributed by atoms with Crippen LogP contribution in [0.2, 0.25) is 0 Å². The topological polar surface area (TPSA) is 60.1 Å². The molecule has 0 saturated heterocycles. The molecule has 0 aliphatic rings. The highest BCUT2D eigenvalue weighted by Gasteiger charge is 2.32. The van der Waals surface area contributed by atoms with Gasteiger partial charge < -0.3 is 15.6 Å². The largest absolute Gasteiger partial charge is 0.416 e. The molecule has 27 heavy (non-hydrogen) atoms. The fourth-order valence-electron chi connectivity index (χ4n) is 3.36. The Morgan fingerprint density at radius 1 is 1.07 bits per heavy atom. The lowest BCUT2D eigenvalue weighted by Gasteiger charge is -2.13. The summed E-state index contributed by atoms with van der Waals surface area (Å²) >= 11 is 0. The summed E-state index contributed by atoms with van der Waals surface area (Å²) in [5.74, 6) is -0.447. The van der Waals surface area contributed by atoms with Gasteiger partial charge in [0.05, 0.1) is 5.56 Å². The van der Waals surface area contributed by atoms with Gasteiger partial charge in [0, 0.05) is 29.7 Å². The molecule has 0 bridgehead atoms. The Labute approximate surface area is 154 Å². The molecule has 0 aliphatic carbocycles. The highest BCUT2D eigenvalue weighted by molar-refractivity contribution is 5.87. The molecule has 3 aromatic rings. The van der Waals surface area contributed by atoms with Crippen LogP contribution >= 0.6 is 0 Å². The highest BCUT2D eigenvalue weighted by atomic mass is 19.4. The van der Waals surface area contributed by atoms with Gasteiger partial charge >= 0.3 is 6.18 Å². The number of nitrogens with one attached hydrogen (secondary N) is 1. The molecule has 1 aromatic heterocycles. The Balaban J connectivity index is 1.85. The van der Waals surface area contributed by atoms with E-state index in [1.54, 1.807) is 6.07 Å². The monoisotopic (exact) mass is 375 g/mol. The molecule has 0 spiro atoms. The van der Waals surface area contributed by atoms with Crippen molar-refractivity contribution in [1.82, 2.24) is 9.88 Å². The number of hydrogen-bond donors (Lipinski definition) is 2. The van der Waals surface area contributed by atoms with Crippen LogP contribution in [0.1, 0.15) is 22.4 Å². The minimum absolute atomic E-state index is 0.0588. The molecule has 0 unspecified atom stereocenters. The lowest BCUT2D eigenvalue weighted by Crippen LogP contribution is -2.20. The van der Waals surface area contributed by atoms with Gasteiger partial charge in [-0.1, -0.05) is 36.4 Å². The van der Waals surface area contributed by atoms with Crippen LogP contribution in [0, 0.1) is 6.92 Å². The van der Waals surface area contributed by atoms with E-state index in [-0.39, 0.29) is 18.7 Å². The fourth-order valence-corrected chi connectivity index (χ4v) is 3.36. The van der Waals surface area contributed by atoms with Crippen molar-refractivity contribution in [3.05, 3.63) is 70.9 Å². The zero-order valence-electron chi connectivity index (χ0n) is 14.8. The second kappa shape index (κ2) is 7.44. The number of para-hydroxylation sites is 1. The lowest BCUT2D eigenvalue weighted by molar-refractivity contribution is -0.138. The number of carbonyl (C=O) groups excluding carboxylic acids is 1. The maximum atomic E-state index is 13.1. The summed E-state index contributed by atoms with van der Waals surface area (Å²) < 4.78 is 41.2. The van der Waals surface area contributed by atoms with E-state index in [4.69, 9.17) is 5.73 Å². The van der Waals surface area contributed by atoms with E-state index in [0.29, 0.717) is 6.54 Å². The molecule has 1 heterocycles. The first-order chi connectivity index (χ1) is 12.8. The molecule has 0 atom stereocenters. The van der Waals surface area contributed by atoms with Crippen molar-refractivity contribution in [3.8, 4) is 0 Å². The number of aromatic nitrogens is 1. The van der Waals surface area contributed by atoms with E-state index < -0.39 is 17.6 Å². The fraction of sp³-hybridized carbons (Fsp3) is 0.250. The van der Waals surface area contributed by atoms with Crippen LogP contribution in [-0.2, 0) is 30.6 Å².